The van der Waals surface area contributed by atoms with Crippen LogP contribution in [0.2, 0.25) is 0 Å². The Morgan fingerprint density at radius 1 is 1.22 bits per heavy atom. The summed E-state index contributed by atoms with van der Waals surface area (Å²) < 4.78 is 0. The Labute approximate surface area is 106 Å². The summed E-state index contributed by atoms with van der Waals surface area (Å²) in [5.74, 6) is 1.96. The first-order valence-corrected chi connectivity index (χ1v) is 5.55. The fourth-order valence-electron chi connectivity index (χ4n) is 1.57. The summed E-state index contributed by atoms with van der Waals surface area (Å²) in [6, 6.07) is 3.86. The molecule has 2 aromatic rings. The average Bonchev–Trinajstić information content (AvgIpc) is 2.31. The zero-order valence-electron chi connectivity index (χ0n) is 10.7. The van der Waals surface area contributed by atoms with E-state index in [1.807, 2.05) is 38.1 Å². The van der Waals surface area contributed by atoms with Gasteiger partial charge in [-0.25, -0.2) is 15.0 Å². The van der Waals surface area contributed by atoms with Gasteiger partial charge in [-0.1, -0.05) is 0 Å². The molecule has 0 radical (unpaired) electrons. The maximum absolute atomic E-state index is 6.01. The molecule has 94 valence electrons. The minimum atomic E-state index is 0.505. The number of rotatable bonds is 3. The smallest absolute Gasteiger partial charge is 0.160 e. The highest BCUT2D eigenvalue weighted by molar-refractivity contribution is 5.77. The molecule has 6 nitrogen and oxygen atoms in total. The first-order valence-electron chi connectivity index (χ1n) is 5.55. The Morgan fingerprint density at radius 3 is 2.67 bits per heavy atom. The summed E-state index contributed by atoms with van der Waals surface area (Å²) in [6.07, 6.45) is 3.21. The number of hydrogen-bond donors (Lipinski definition) is 2. The van der Waals surface area contributed by atoms with Gasteiger partial charge in [0.15, 0.2) is 11.6 Å². The lowest BCUT2D eigenvalue weighted by Gasteiger charge is -2.15. The molecule has 2 aromatic heterocycles. The molecule has 6 heteroatoms. The van der Waals surface area contributed by atoms with Crippen molar-refractivity contribution in [1.29, 1.82) is 0 Å². The maximum atomic E-state index is 6.01. The lowest BCUT2D eigenvalue weighted by molar-refractivity contribution is 1.04. The van der Waals surface area contributed by atoms with Gasteiger partial charge >= 0.3 is 0 Å². The minimum Gasteiger partial charge on any atom is -0.393 e. The van der Waals surface area contributed by atoms with Crippen LogP contribution in [0, 0.1) is 6.92 Å². The van der Waals surface area contributed by atoms with Gasteiger partial charge in [0.1, 0.15) is 17.8 Å². The molecule has 0 amide bonds. The molecule has 3 N–H and O–H groups in total. The second-order valence-electron chi connectivity index (χ2n) is 4.20. The van der Waals surface area contributed by atoms with Crippen LogP contribution in [0.5, 0.6) is 0 Å². The van der Waals surface area contributed by atoms with Crippen molar-refractivity contribution >= 4 is 23.1 Å². The van der Waals surface area contributed by atoms with Crippen molar-refractivity contribution in [2.45, 2.75) is 6.92 Å². The van der Waals surface area contributed by atoms with E-state index in [1.54, 1.807) is 6.20 Å². The molecule has 0 saturated heterocycles. The number of nitrogens with one attached hydrogen (secondary N) is 1. The van der Waals surface area contributed by atoms with Crippen LogP contribution in [0.15, 0.2) is 24.7 Å². The standard InChI is InChI=1S/C12H16N6/c1-8-4-5-14-9(6-8)17-11-10(13)12(18(2)3)16-7-15-11/h4-7H,13H2,1-3H3,(H,14,15,16,17). The molecule has 0 aromatic carbocycles. The molecule has 0 bridgehead atoms. The number of hydrogen-bond acceptors (Lipinski definition) is 6. The highest BCUT2D eigenvalue weighted by Gasteiger charge is 2.10. The predicted molar refractivity (Wildman–Crippen MR) is 73.0 cm³/mol. The predicted octanol–water partition coefficient (Wildman–Crippen LogP) is 1.57. The van der Waals surface area contributed by atoms with E-state index >= 15 is 0 Å². The lowest BCUT2D eigenvalue weighted by atomic mass is 10.3. The molecule has 0 atom stereocenters. The molecule has 0 unspecified atom stereocenters. The second-order valence-corrected chi connectivity index (χ2v) is 4.20. The summed E-state index contributed by atoms with van der Waals surface area (Å²) in [7, 11) is 3.76. The summed E-state index contributed by atoms with van der Waals surface area (Å²) in [4.78, 5) is 14.3. The van der Waals surface area contributed by atoms with E-state index in [2.05, 4.69) is 20.3 Å². The fraction of sp³-hybridized carbons (Fsp3) is 0.250. The Bertz CT molecular complexity index is 552. The van der Waals surface area contributed by atoms with Gasteiger partial charge < -0.3 is 16.0 Å². The van der Waals surface area contributed by atoms with Crippen molar-refractivity contribution in [2.24, 2.45) is 0 Å². The molecule has 0 saturated carbocycles. The van der Waals surface area contributed by atoms with Crippen LogP contribution in [-0.2, 0) is 0 Å². The van der Waals surface area contributed by atoms with E-state index in [0.717, 1.165) is 5.56 Å². The van der Waals surface area contributed by atoms with E-state index in [4.69, 9.17) is 5.73 Å². The number of nitrogen functional groups attached to an aromatic ring is 1. The first kappa shape index (κ1) is 12.1. The maximum Gasteiger partial charge on any atom is 0.160 e. The van der Waals surface area contributed by atoms with Crippen molar-refractivity contribution in [3.05, 3.63) is 30.2 Å². The quantitative estimate of drug-likeness (QED) is 0.853. The number of aryl methyl sites for hydroxylation is 1. The highest BCUT2D eigenvalue weighted by atomic mass is 15.2. The molecule has 0 spiro atoms. The third kappa shape index (κ3) is 2.48. The second kappa shape index (κ2) is 4.87. The summed E-state index contributed by atoms with van der Waals surface area (Å²) in [5, 5.41) is 3.09. The summed E-state index contributed by atoms with van der Waals surface area (Å²) in [6.45, 7) is 2.00. The van der Waals surface area contributed by atoms with Crippen LogP contribution >= 0.6 is 0 Å². The molecule has 0 fully saturated rings. The molecule has 2 heterocycles. The average molecular weight is 244 g/mol. The normalized spacial score (nSPS) is 10.2. The lowest BCUT2D eigenvalue weighted by Crippen LogP contribution is -2.14. The van der Waals surface area contributed by atoms with Crippen LogP contribution in [0.1, 0.15) is 5.56 Å². The third-order valence-corrected chi connectivity index (χ3v) is 2.45. The van der Waals surface area contributed by atoms with E-state index in [-0.39, 0.29) is 0 Å². The van der Waals surface area contributed by atoms with Crippen LogP contribution in [0.4, 0.5) is 23.1 Å². The van der Waals surface area contributed by atoms with E-state index in [9.17, 15) is 0 Å². The van der Waals surface area contributed by atoms with Crippen molar-refractivity contribution < 1.29 is 0 Å². The van der Waals surface area contributed by atoms with Gasteiger partial charge in [0.25, 0.3) is 0 Å². The third-order valence-electron chi connectivity index (χ3n) is 2.45. The Hall–Kier alpha value is -2.37. The Morgan fingerprint density at radius 2 is 2.00 bits per heavy atom. The molecule has 2 rings (SSSR count). The number of pyridine rings is 1. The SMILES string of the molecule is Cc1ccnc(Nc2ncnc(N(C)C)c2N)c1. The van der Waals surface area contributed by atoms with Crippen LogP contribution in [0.25, 0.3) is 0 Å². The van der Waals surface area contributed by atoms with Gasteiger partial charge in [0.2, 0.25) is 0 Å². The van der Waals surface area contributed by atoms with Crippen molar-refractivity contribution in [1.82, 2.24) is 15.0 Å². The van der Waals surface area contributed by atoms with E-state index in [0.29, 0.717) is 23.1 Å². The molecule has 0 aliphatic rings. The zero-order valence-corrected chi connectivity index (χ0v) is 10.7. The Kier molecular flexibility index (Phi) is 3.27. The number of nitrogens with zero attached hydrogens (tertiary/aromatic N) is 4. The fourth-order valence-corrected chi connectivity index (χ4v) is 1.57. The van der Waals surface area contributed by atoms with Gasteiger partial charge in [-0.3, -0.25) is 0 Å². The number of nitrogens with two attached hydrogens (primary N) is 1. The molecular weight excluding hydrogens is 228 g/mol. The molecule has 0 aliphatic heterocycles. The largest absolute Gasteiger partial charge is 0.393 e. The molecule has 0 aliphatic carbocycles. The van der Waals surface area contributed by atoms with E-state index in [1.165, 1.54) is 6.33 Å². The Balaban J connectivity index is 2.32. The first-order chi connectivity index (χ1) is 8.58. The van der Waals surface area contributed by atoms with Gasteiger partial charge in [-0.15, -0.1) is 0 Å². The van der Waals surface area contributed by atoms with Crippen molar-refractivity contribution in [2.75, 3.05) is 30.0 Å². The topological polar surface area (TPSA) is 80.0 Å². The van der Waals surface area contributed by atoms with Gasteiger partial charge in [0.05, 0.1) is 0 Å². The van der Waals surface area contributed by atoms with Gasteiger partial charge in [-0.05, 0) is 24.6 Å². The summed E-state index contributed by atoms with van der Waals surface area (Å²) >= 11 is 0. The van der Waals surface area contributed by atoms with Crippen molar-refractivity contribution in [3.63, 3.8) is 0 Å². The van der Waals surface area contributed by atoms with E-state index < -0.39 is 0 Å². The van der Waals surface area contributed by atoms with Crippen molar-refractivity contribution in [3.8, 4) is 0 Å². The summed E-state index contributed by atoms with van der Waals surface area (Å²) in [5.41, 5.74) is 7.64. The van der Waals surface area contributed by atoms with Gasteiger partial charge in [-0.2, -0.15) is 0 Å². The zero-order chi connectivity index (χ0) is 13.1. The number of anilines is 4. The number of aromatic nitrogens is 3. The highest BCUT2D eigenvalue weighted by Crippen LogP contribution is 2.26. The minimum absolute atomic E-state index is 0.505. The molecular formula is C12H16N6. The van der Waals surface area contributed by atoms with Crippen LogP contribution in [-0.4, -0.2) is 29.0 Å². The van der Waals surface area contributed by atoms with Crippen LogP contribution < -0.4 is 16.0 Å². The monoisotopic (exact) mass is 244 g/mol. The molecule has 18 heavy (non-hydrogen) atoms. The van der Waals surface area contributed by atoms with Crippen LogP contribution in [0.3, 0.4) is 0 Å². The van der Waals surface area contributed by atoms with Gasteiger partial charge in [0, 0.05) is 20.3 Å².